The fraction of sp³-hybridized carbons (Fsp3) is 0.417. The minimum Gasteiger partial charge on any atom is -0.483 e. The summed E-state index contributed by atoms with van der Waals surface area (Å²) in [6.45, 7) is 9.63. The van der Waals surface area contributed by atoms with E-state index < -0.39 is 5.91 Å². The summed E-state index contributed by atoms with van der Waals surface area (Å²) in [5.41, 5.74) is 9.39. The van der Waals surface area contributed by atoms with Crippen molar-refractivity contribution in [1.29, 1.82) is 0 Å². The minimum absolute atomic E-state index is 0.250. The van der Waals surface area contributed by atoms with Crippen molar-refractivity contribution in [2.45, 2.75) is 33.4 Å². The summed E-state index contributed by atoms with van der Waals surface area (Å²) in [6.07, 6.45) is 2.76. The number of rotatable bonds is 8. The molecule has 4 heterocycles. The number of benzene rings is 1. The van der Waals surface area contributed by atoms with Crippen molar-refractivity contribution in [1.82, 2.24) is 39.6 Å². The van der Waals surface area contributed by atoms with Crippen LogP contribution in [0.15, 0.2) is 24.4 Å². The maximum absolute atomic E-state index is 12.1. The lowest BCUT2D eigenvalue weighted by Gasteiger charge is -2.26. The zero-order valence-corrected chi connectivity index (χ0v) is 20.9. The molecule has 4 aromatic rings. The van der Waals surface area contributed by atoms with E-state index in [9.17, 15) is 4.79 Å². The standard InChI is InChI=1S/C23H29N9O2.CH2O2/c1-3-31-20(11-15(2)29-31)23-26-22(27-28-23)17-12-16(21(24)33)13-19-18(17)14-25-32(19)6-4-5-30-7-9-34-10-8-30;2-1-3/h11-14H,3-10H2,1-2H3,(H2,24,33)(H,26,27,28);1H,(H,2,3). The zero-order valence-electron chi connectivity index (χ0n) is 20.9. The van der Waals surface area contributed by atoms with E-state index in [1.54, 1.807) is 12.1 Å². The smallest absolute Gasteiger partial charge is 0.290 e. The van der Waals surface area contributed by atoms with E-state index in [1.807, 2.05) is 35.5 Å². The van der Waals surface area contributed by atoms with E-state index in [1.165, 1.54) is 0 Å². The highest BCUT2D eigenvalue weighted by Gasteiger charge is 2.19. The number of ether oxygens (including phenoxy) is 1. The van der Waals surface area contributed by atoms with Crippen LogP contribution in [0.5, 0.6) is 0 Å². The van der Waals surface area contributed by atoms with Crippen LogP contribution in [0.2, 0.25) is 0 Å². The number of carboxylic acid groups (broad SMARTS) is 1. The lowest BCUT2D eigenvalue weighted by atomic mass is 10.0. The minimum atomic E-state index is -0.497. The molecule has 1 aliphatic rings. The number of nitrogens with one attached hydrogen (secondary N) is 1. The molecular formula is C24H31N9O4. The number of primary amides is 1. The molecule has 0 unspecified atom stereocenters. The highest BCUT2D eigenvalue weighted by molar-refractivity contribution is 6.02. The van der Waals surface area contributed by atoms with E-state index in [0.717, 1.165) is 73.7 Å². The van der Waals surface area contributed by atoms with Crippen molar-refractivity contribution in [3.05, 3.63) is 35.7 Å². The number of nitrogens with two attached hydrogens (primary N) is 1. The van der Waals surface area contributed by atoms with E-state index in [0.29, 0.717) is 23.8 Å². The van der Waals surface area contributed by atoms with Crippen LogP contribution >= 0.6 is 0 Å². The van der Waals surface area contributed by atoms with Crippen molar-refractivity contribution >= 4 is 23.3 Å². The zero-order chi connectivity index (χ0) is 26.4. The quantitative estimate of drug-likeness (QED) is 0.298. The predicted molar refractivity (Wildman–Crippen MR) is 136 cm³/mol. The molecule has 1 fully saturated rings. The summed E-state index contributed by atoms with van der Waals surface area (Å²) >= 11 is 0. The Morgan fingerprint density at radius 1 is 1.22 bits per heavy atom. The number of aromatic amines is 1. The maximum atomic E-state index is 12.1. The molecule has 4 N–H and O–H groups in total. The topological polar surface area (TPSA) is 170 Å². The molecule has 3 aromatic heterocycles. The first-order valence-corrected chi connectivity index (χ1v) is 12.1. The third kappa shape index (κ3) is 5.84. The van der Waals surface area contributed by atoms with Crippen LogP contribution in [0.4, 0.5) is 0 Å². The number of hydrogen-bond donors (Lipinski definition) is 3. The summed E-state index contributed by atoms with van der Waals surface area (Å²) in [4.78, 5) is 27.6. The Morgan fingerprint density at radius 2 is 1.97 bits per heavy atom. The van der Waals surface area contributed by atoms with Gasteiger partial charge in [-0.1, -0.05) is 0 Å². The number of aromatic nitrogens is 7. The van der Waals surface area contributed by atoms with Gasteiger partial charge >= 0.3 is 0 Å². The first kappa shape index (κ1) is 26.0. The first-order valence-electron chi connectivity index (χ1n) is 12.1. The second kappa shape index (κ2) is 11.8. The highest BCUT2D eigenvalue weighted by Crippen LogP contribution is 2.30. The van der Waals surface area contributed by atoms with Crippen molar-refractivity contribution in [2.75, 3.05) is 32.8 Å². The molecule has 5 rings (SSSR count). The maximum Gasteiger partial charge on any atom is 0.290 e. The van der Waals surface area contributed by atoms with Crippen LogP contribution in [-0.4, -0.2) is 90.0 Å². The van der Waals surface area contributed by atoms with Crippen LogP contribution in [0, 0.1) is 6.92 Å². The van der Waals surface area contributed by atoms with Gasteiger partial charge in [-0.15, -0.1) is 0 Å². The Bertz CT molecular complexity index is 1370. The van der Waals surface area contributed by atoms with Gasteiger partial charge in [-0.25, -0.2) is 4.98 Å². The number of fused-ring (bicyclic) bond motifs is 1. The molecule has 0 spiro atoms. The van der Waals surface area contributed by atoms with Gasteiger partial charge in [-0.2, -0.15) is 15.3 Å². The summed E-state index contributed by atoms with van der Waals surface area (Å²) in [5, 5.41) is 24.3. The Labute approximate surface area is 213 Å². The molecule has 0 saturated carbocycles. The summed E-state index contributed by atoms with van der Waals surface area (Å²) in [6, 6.07) is 5.51. The average Bonchev–Trinajstić information content (AvgIpc) is 3.63. The van der Waals surface area contributed by atoms with Gasteiger partial charge < -0.3 is 15.6 Å². The third-order valence-corrected chi connectivity index (χ3v) is 6.17. The average molecular weight is 510 g/mol. The molecule has 196 valence electrons. The lowest BCUT2D eigenvalue weighted by molar-refractivity contribution is -0.122. The Kier molecular flexibility index (Phi) is 8.25. The molecule has 0 radical (unpaired) electrons. The molecule has 13 heteroatoms. The van der Waals surface area contributed by atoms with Crippen molar-refractivity contribution in [3.63, 3.8) is 0 Å². The number of aryl methyl sites for hydroxylation is 3. The second-order valence-electron chi connectivity index (χ2n) is 8.60. The molecule has 0 bridgehead atoms. The molecule has 13 nitrogen and oxygen atoms in total. The molecule has 1 aromatic carbocycles. The van der Waals surface area contributed by atoms with E-state index in [2.05, 4.69) is 25.3 Å². The van der Waals surface area contributed by atoms with Crippen LogP contribution in [0.25, 0.3) is 33.8 Å². The monoisotopic (exact) mass is 509 g/mol. The van der Waals surface area contributed by atoms with Gasteiger partial charge in [0.2, 0.25) is 5.91 Å². The Morgan fingerprint density at radius 3 is 2.68 bits per heavy atom. The van der Waals surface area contributed by atoms with Crippen molar-refractivity contribution < 1.29 is 19.4 Å². The van der Waals surface area contributed by atoms with Crippen LogP contribution in [0.3, 0.4) is 0 Å². The lowest BCUT2D eigenvalue weighted by Crippen LogP contribution is -2.37. The van der Waals surface area contributed by atoms with Gasteiger partial charge in [0.1, 0.15) is 5.69 Å². The number of amides is 1. The fourth-order valence-electron chi connectivity index (χ4n) is 4.43. The summed E-state index contributed by atoms with van der Waals surface area (Å²) < 4.78 is 9.22. The van der Waals surface area contributed by atoms with E-state index in [-0.39, 0.29) is 6.47 Å². The van der Waals surface area contributed by atoms with E-state index in [4.69, 9.17) is 25.4 Å². The number of hydrogen-bond acceptors (Lipinski definition) is 8. The van der Waals surface area contributed by atoms with Gasteiger partial charge in [0, 0.05) is 49.2 Å². The van der Waals surface area contributed by atoms with Gasteiger partial charge in [0.15, 0.2) is 11.6 Å². The molecule has 1 amide bonds. The van der Waals surface area contributed by atoms with Gasteiger partial charge in [0.25, 0.3) is 6.47 Å². The molecular weight excluding hydrogens is 478 g/mol. The Balaban J connectivity index is 0.00000102. The molecule has 1 saturated heterocycles. The van der Waals surface area contributed by atoms with Crippen LogP contribution in [0.1, 0.15) is 29.4 Å². The van der Waals surface area contributed by atoms with Crippen molar-refractivity contribution in [3.8, 4) is 22.9 Å². The highest BCUT2D eigenvalue weighted by atomic mass is 16.5. The number of H-pyrrole nitrogens is 1. The third-order valence-electron chi connectivity index (χ3n) is 6.17. The summed E-state index contributed by atoms with van der Waals surface area (Å²) in [7, 11) is 0. The second-order valence-corrected chi connectivity index (χ2v) is 8.60. The number of nitrogens with zero attached hydrogens (tertiary/aromatic N) is 7. The SMILES string of the molecule is CCn1nc(C)cc1-c1n[nH]c(-c2cc(C(N)=O)cc3c2cnn3CCCN2CCOCC2)n1.O=CO. The summed E-state index contributed by atoms with van der Waals surface area (Å²) in [5.74, 6) is 0.606. The Hall–Kier alpha value is -4.10. The van der Waals surface area contributed by atoms with E-state index >= 15 is 0 Å². The largest absolute Gasteiger partial charge is 0.483 e. The fourth-order valence-corrected chi connectivity index (χ4v) is 4.43. The number of morpholine rings is 1. The van der Waals surface area contributed by atoms with Gasteiger partial charge in [0.05, 0.1) is 30.6 Å². The molecule has 0 atom stereocenters. The number of carbonyl (C=O) groups excluding carboxylic acids is 1. The normalized spacial score (nSPS) is 13.9. The molecule has 37 heavy (non-hydrogen) atoms. The van der Waals surface area contributed by atoms with Crippen molar-refractivity contribution in [2.24, 2.45) is 5.73 Å². The van der Waals surface area contributed by atoms with Gasteiger partial charge in [-0.3, -0.25) is 29.0 Å². The number of carbonyl (C=O) groups is 2. The van der Waals surface area contributed by atoms with Gasteiger partial charge in [-0.05, 0) is 38.5 Å². The van der Waals surface area contributed by atoms with Crippen LogP contribution < -0.4 is 5.73 Å². The first-order chi connectivity index (χ1) is 17.9. The molecule has 1 aliphatic heterocycles. The molecule has 0 aliphatic carbocycles. The van der Waals surface area contributed by atoms with Crippen LogP contribution in [-0.2, 0) is 22.6 Å². The predicted octanol–water partition coefficient (Wildman–Crippen LogP) is 1.54.